The maximum Gasteiger partial charge on any atom is 0.245 e. The smallest absolute Gasteiger partial charge is 0.245 e. The molecule has 0 radical (unpaired) electrons. The molecule has 2 fully saturated rings. The number of nitrogens with one attached hydrogen (secondary N) is 1. The molecular formula is C15H22N2O2S2. The van der Waals surface area contributed by atoms with Crippen molar-refractivity contribution >= 4 is 21.4 Å². The molecule has 0 amide bonds. The fourth-order valence-electron chi connectivity index (χ4n) is 2.53. The molecule has 4 nitrogen and oxygen atoms in total. The predicted molar refractivity (Wildman–Crippen MR) is 86.0 cm³/mol. The molecule has 0 spiro atoms. The molecule has 1 heterocycles. The second-order valence-corrected chi connectivity index (χ2v) is 8.71. The van der Waals surface area contributed by atoms with E-state index in [1.54, 1.807) is 21.7 Å². The summed E-state index contributed by atoms with van der Waals surface area (Å²) in [6.07, 6.45) is 6.02. The number of nitrogens with zero attached hydrogens (tertiary/aromatic N) is 1. The Kier molecular flexibility index (Phi) is 4.23. The van der Waals surface area contributed by atoms with Gasteiger partial charge in [0.25, 0.3) is 0 Å². The predicted octanol–water partition coefficient (Wildman–Crippen LogP) is 2.65. The highest BCUT2D eigenvalue weighted by Gasteiger charge is 2.39. The van der Waals surface area contributed by atoms with E-state index in [9.17, 15) is 8.42 Å². The lowest BCUT2D eigenvalue weighted by Crippen LogP contribution is -2.34. The third-order valence-electron chi connectivity index (χ3n) is 3.95. The zero-order valence-electron chi connectivity index (χ0n) is 12.3. The summed E-state index contributed by atoms with van der Waals surface area (Å²) in [5.74, 6) is 0. The minimum Gasteiger partial charge on any atom is -0.309 e. The summed E-state index contributed by atoms with van der Waals surface area (Å²) in [7, 11) is -3.41. The second kappa shape index (κ2) is 5.83. The van der Waals surface area contributed by atoms with E-state index >= 15 is 0 Å². The SMILES string of the molecule is C=CCN(C1CC1)S(=O)(=O)c1c(C)csc1CNC1CC1. The highest BCUT2D eigenvalue weighted by molar-refractivity contribution is 7.89. The second-order valence-electron chi connectivity index (χ2n) is 5.92. The summed E-state index contributed by atoms with van der Waals surface area (Å²) < 4.78 is 27.7. The number of sulfonamides is 1. The van der Waals surface area contributed by atoms with Crippen LogP contribution >= 0.6 is 11.3 Å². The monoisotopic (exact) mass is 326 g/mol. The Morgan fingerprint density at radius 2 is 2.14 bits per heavy atom. The first-order chi connectivity index (χ1) is 10.0. The average Bonchev–Trinajstić information content (AvgIpc) is 3.33. The van der Waals surface area contributed by atoms with Gasteiger partial charge in [0.1, 0.15) is 4.90 Å². The molecule has 0 aromatic carbocycles. The topological polar surface area (TPSA) is 49.4 Å². The average molecular weight is 326 g/mol. The normalized spacial score (nSPS) is 19.1. The van der Waals surface area contributed by atoms with E-state index in [2.05, 4.69) is 11.9 Å². The Balaban J connectivity index is 1.88. The molecule has 3 rings (SSSR count). The van der Waals surface area contributed by atoms with Crippen LogP contribution in [0.4, 0.5) is 0 Å². The summed E-state index contributed by atoms with van der Waals surface area (Å²) in [6, 6.07) is 0.743. The molecule has 0 aliphatic heterocycles. The Morgan fingerprint density at radius 1 is 1.43 bits per heavy atom. The van der Waals surface area contributed by atoms with Gasteiger partial charge < -0.3 is 5.32 Å². The van der Waals surface area contributed by atoms with Crippen molar-refractivity contribution in [3.8, 4) is 0 Å². The zero-order chi connectivity index (χ0) is 15.0. The van der Waals surface area contributed by atoms with Crippen LogP contribution in [0.25, 0.3) is 0 Å². The summed E-state index contributed by atoms with van der Waals surface area (Å²) in [4.78, 5) is 1.46. The van der Waals surface area contributed by atoms with Crippen molar-refractivity contribution in [2.75, 3.05) is 6.54 Å². The minimum absolute atomic E-state index is 0.163. The molecule has 21 heavy (non-hydrogen) atoms. The van der Waals surface area contributed by atoms with Crippen LogP contribution in [0.5, 0.6) is 0 Å². The molecule has 2 aliphatic rings. The van der Waals surface area contributed by atoms with Crippen LogP contribution in [0, 0.1) is 6.92 Å². The van der Waals surface area contributed by atoms with Crippen molar-refractivity contribution in [2.45, 2.75) is 56.1 Å². The van der Waals surface area contributed by atoms with Crippen molar-refractivity contribution < 1.29 is 8.42 Å². The fraction of sp³-hybridized carbons (Fsp3) is 0.600. The van der Waals surface area contributed by atoms with Gasteiger partial charge in [-0.3, -0.25) is 0 Å². The molecule has 1 N–H and O–H groups in total. The van der Waals surface area contributed by atoms with Crippen LogP contribution in [0.15, 0.2) is 22.9 Å². The van der Waals surface area contributed by atoms with Crippen molar-refractivity contribution in [2.24, 2.45) is 0 Å². The van der Waals surface area contributed by atoms with Gasteiger partial charge in [-0.2, -0.15) is 4.31 Å². The van der Waals surface area contributed by atoms with Gasteiger partial charge in [-0.05, 0) is 43.6 Å². The first kappa shape index (κ1) is 15.2. The Hall–Kier alpha value is -0.690. The number of hydrogen-bond donors (Lipinski definition) is 1. The van der Waals surface area contributed by atoms with E-state index in [-0.39, 0.29) is 6.04 Å². The highest BCUT2D eigenvalue weighted by atomic mass is 32.2. The molecule has 2 saturated carbocycles. The van der Waals surface area contributed by atoms with Gasteiger partial charge in [-0.25, -0.2) is 8.42 Å². The number of aryl methyl sites for hydroxylation is 1. The molecular weight excluding hydrogens is 304 g/mol. The standard InChI is InChI=1S/C15H22N2O2S2/c1-3-8-17(13-6-7-13)21(18,19)15-11(2)10-20-14(15)9-16-12-4-5-12/h3,10,12-13,16H,1,4-9H2,2H3. The van der Waals surface area contributed by atoms with E-state index in [1.807, 2.05) is 12.3 Å². The number of rotatable bonds is 8. The van der Waals surface area contributed by atoms with Crippen LogP contribution in [0.1, 0.15) is 36.1 Å². The largest absolute Gasteiger partial charge is 0.309 e. The molecule has 1 aromatic rings. The first-order valence-electron chi connectivity index (χ1n) is 7.47. The van der Waals surface area contributed by atoms with Crippen molar-refractivity contribution in [1.82, 2.24) is 9.62 Å². The van der Waals surface area contributed by atoms with Crippen molar-refractivity contribution in [3.05, 3.63) is 28.5 Å². The molecule has 1 aromatic heterocycles. The molecule has 0 bridgehead atoms. The maximum absolute atomic E-state index is 13.0. The third kappa shape index (κ3) is 3.23. The lowest BCUT2D eigenvalue weighted by atomic mass is 10.3. The molecule has 0 saturated heterocycles. The van der Waals surface area contributed by atoms with Gasteiger partial charge in [-0.1, -0.05) is 6.08 Å². The number of thiophene rings is 1. The lowest BCUT2D eigenvalue weighted by Gasteiger charge is -2.21. The van der Waals surface area contributed by atoms with Gasteiger partial charge in [0, 0.05) is 30.1 Å². The Bertz CT molecular complexity index is 628. The quantitative estimate of drug-likeness (QED) is 0.747. The van der Waals surface area contributed by atoms with Crippen molar-refractivity contribution in [3.63, 3.8) is 0 Å². The molecule has 0 unspecified atom stereocenters. The van der Waals surface area contributed by atoms with Crippen LogP contribution in [-0.4, -0.2) is 31.4 Å². The van der Waals surface area contributed by atoms with Gasteiger partial charge in [0.05, 0.1) is 0 Å². The number of hydrogen-bond acceptors (Lipinski definition) is 4. The van der Waals surface area contributed by atoms with Crippen LogP contribution in [0.2, 0.25) is 0 Å². The maximum atomic E-state index is 13.0. The lowest BCUT2D eigenvalue weighted by molar-refractivity contribution is 0.435. The van der Waals surface area contributed by atoms with Gasteiger partial charge in [0.2, 0.25) is 10.0 Å². The van der Waals surface area contributed by atoms with E-state index in [0.29, 0.717) is 24.0 Å². The summed E-state index contributed by atoms with van der Waals surface area (Å²) in [5.41, 5.74) is 0.863. The van der Waals surface area contributed by atoms with Crippen molar-refractivity contribution in [1.29, 1.82) is 0 Å². The van der Waals surface area contributed by atoms with Gasteiger partial charge >= 0.3 is 0 Å². The summed E-state index contributed by atoms with van der Waals surface area (Å²) >= 11 is 1.55. The van der Waals surface area contributed by atoms with E-state index < -0.39 is 10.0 Å². The third-order valence-corrected chi connectivity index (χ3v) is 7.33. The van der Waals surface area contributed by atoms with Crippen LogP contribution in [0.3, 0.4) is 0 Å². The molecule has 2 aliphatic carbocycles. The highest BCUT2D eigenvalue weighted by Crippen LogP contribution is 2.36. The summed E-state index contributed by atoms with van der Waals surface area (Å²) in [6.45, 7) is 6.65. The first-order valence-corrected chi connectivity index (χ1v) is 9.79. The Labute approximate surface area is 130 Å². The zero-order valence-corrected chi connectivity index (χ0v) is 14.0. The minimum atomic E-state index is -3.41. The Morgan fingerprint density at radius 3 is 2.71 bits per heavy atom. The molecule has 0 atom stereocenters. The van der Waals surface area contributed by atoms with E-state index in [0.717, 1.165) is 23.3 Å². The van der Waals surface area contributed by atoms with Gasteiger partial charge in [0.15, 0.2) is 0 Å². The molecule has 116 valence electrons. The summed E-state index contributed by atoms with van der Waals surface area (Å²) in [5, 5.41) is 5.38. The fourth-order valence-corrected chi connectivity index (χ4v) is 5.90. The van der Waals surface area contributed by atoms with Crippen LogP contribution in [-0.2, 0) is 16.6 Å². The van der Waals surface area contributed by atoms with E-state index in [4.69, 9.17) is 0 Å². The van der Waals surface area contributed by atoms with Crippen LogP contribution < -0.4 is 5.32 Å². The van der Waals surface area contributed by atoms with Gasteiger partial charge in [-0.15, -0.1) is 17.9 Å². The molecule has 6 heteroatoms. The van der Waals surface area contributed by atoms with E-state index in [1.165, 1.54) is 12.8 Å².